The average molecular weight is 389 g/mol. The van der Waals surface area contributed by atoms with Crippen LogP contribution in [0.1, 0.15) is 22.3 Å². The largest absolute Gasteiger partial charge is 0.496 e. The van der Waals surface area contributed by atoms with E-state index in [9.17, 15) is 18.0 Å². The van der Waals surface area contributed by atoms with Crippen LogP contribution in [0.25, 0.3) is 6.08 Å². The minimum Gasteiger partial charge on any atom is -0.496 e. The minimum atomic E-state index is -3.90. The summed E-state index contributed by atoms with van der Waals surface area (Å²) in [7, 11) is -2.37. The van der Waals surface area contributed by atoms with Crippen molar-refractivity contribution in [3.05, 3.63) is 65.7 Å². The number of rotatable bonds is 9. The van der Waals surface area contributed by atoms with Crippen LogP contribution in [-0.2, 0) is 14.8 Å². The zero-order valence-corrected chi connectivity index (χ0v) is 15.4. The molecule has 2 rings (SSSR count). The molecule has 8 heteroatoms. The molecular weight excluding hydrogens is 370 g/mol. The van der Waals surface area contributed by atoms with Gasteiger partial charge in [0.25, 0.3) is 0 Å². The molecule has 0 aromatic heterocycles. The summed E-state index contributed by atoms with van der Waals surface area (Å²) in [4.78, 5) is 22.8. The van der Waals surface area contributed by atoms with Gasteiger partial charge in [-0.25, -0.2) is 13.1 Å². The van der Waals surface area contributed by atoms with E-state index in [0.717, 1.165) is 0 Å². The van der Waals surface area contributed by atoms with Gasteiger partial charge in [0.2, 0.25) is 10.0 Å². The van der Waals surface area contributed by atoms with Crippen molar-refractivity contribution in [2.24, 2.45) is 0 Å². The number of carboxylic acid groups (broad SMARTS) is 1. The number of carbonyl (C=O) groups is 2. The van der Waals surface area contributed by atoms with Crippen molar-refractivity contribution in [2.45, 2.75) is 11.3 Å². The van der Waals surface area contributed by atoms with E-state index in [4.69, 9.17) is 9.84 Å². The number of sulfonamides is 1. The second-order valence-corrected chi connectivity index (χ2v) is 7.28. The number of ketones is 1. The highest BCUT2D eigenvalue weighted by Crippen LogP contribution is 2.19. The van der Waals surface area contributed by atoms with Gasteiger partial charge >= 0.3 is 5.97 Å². The van der Waals surface area contributed by atoms with E-state index in [2.05, 4.69) is 4.72 Å². The van der Waals surface area contributed by atoms with E-state index >= 15 is 0 Å². The fourth-order valence-electron chi connectivity index (χ4n) is 2.26. The third kappa shape index (κ3) is 5.77. The molecule has 2 aromatic rings. The molecule has 0 heterocycles. The molecular formula is C19H19NO6S. The summed E-state index contributed by atoms with van der Waals surface area (Å²) in [6.07, 6.45) is 2.59. The first-order valence-corrected chi connectivity index (χ1v) is 9.49. The fourth-order valence-corrected chi connectivity index (χ4v) is 3.34. The molecule has 142 valence electrons. The van der Waals surface area contributed by atoms with Crippen LogP contribution in [0.3, 0.4) is 0 Å². The van der Waals surface area contributed by atoms with Crippen LogP contribution >= 0.6 is 0 Å². The van der Waals surface area contributed by atoms with Crippen LogP contribution in [0.4, 0.5) is 0 Å². The van der Waals surface area contributed by atoms with E-state index in [0.29, 0.717) is 11.3 Å². The van der Waals surface area contributed by atoms with Crippen LogP contribution in [0.5, 0.6) is 5.75 Å². The summed E-state index contributed by atoms with van der Waals surface area (Å²) in [5.74, 6) is -0.868. The Bertz CT molecular complexity index is 966. The number of benzene rings is 2. The lowest BCUT2D eigenvalue weighted by Gasteiger charge is -2.07. The number of aliphatic carboxylic acids is 1. The molecule has 0 bridgehead atoms. The zero-order chi connectivity index (χ0) is 19.9. The highest BCUT2D eigenvalue weighted by Gasteiger charge is 2.15. The summed E-state index contributed by atoms with van der Waals surface area (Å²) in [5.41, 5.74) is 0.912. The predicted molar refractivity (Wildman–Crippen MR) is 100 cm³/mol. The quantitative estimate of drug-likeness (QED) is 0.503. The first-order valence-electron chi connectivity index (χ1n) is 8.00. The van der Waals surface area contributed by atoms with Gasteiger partial charge in [-0.05, 0) is 30.4 Å². The Hall–Kier alpha value is -2.97. The average Bonchev–Trinajstić information content (AvgIpc) is 2.66. The number of methoxy groups -OCH3 is 1. The summed E-state index contributed by atoms with van der Waals surface area (Å²) in [6, 6.07) is 12.7. The van der Waals surface area contributed by atoms with Crippen LogP contribution in [-0.4, -0.2) is 38.9 Å². The molecule has 0 saturated heterocycles. The number of nitrogens with one attached hydrogen (secondary N) is 1. The lowest BCUT2D eigenvalue weighted by atomic mass is 10.1. The van der Waals surface area contributed by atoms with E-state index < -0.39 is 16.0 Å². The Morgan fingerprint density at radius 2 is 1.89 bits per heavy atom. The molecule has 0 spiro atoms. The highest BCUT2D eigenvalue weighted by atomic mass is 32.2. The minimum absolute atomic E-state index is 0.107. The topological polar surface area (TPSA) is 110 Å². The summed E-state index contributed by atoms with van der Waals surface area (Å²) in [6.45, 7) is -0.233. The van der Waals surface area contributed by atoms with Crippen molar-refractivity contribution in [1.82, 2.24) is 4.72 Å². The van der Waals surface area contributed by atoms with Crippen LogP contribution < -0.4 is 9.46 Å². The SMILES string of the molecule is COc1ccccc1C=CC(=O)c1cccc(S(=O)(=O)NCCC(=O)O)c1. The second-order valence-electron chi connectivity index (χ2n) is 5.51. The number of allylic oxidation sites excluding steroid dienone is 1. The van der Waals surface area contributed by atoms with Gasteiger partial charge in [-0.1, -0.05) is 30.3 Å². The smallest absolute Gasteiger partial charge is 0.304 e. The van der Waals surface area contributed by atoms with Crippen molar-refractivity contribution < 1.29 is 27.9 Å². The summed E-state index contributed by atoms with van der Waals surface area (Å²) in [5, 5.41) is 8.59. The van der Waals surface area contributed by atoms with Gasteiger partial charge in [0.1, 0.15) is 5.75 Å². The zero-order valence-electron chi connectivity index (χ0n) is 14.6. The van der Waals surface area contributed by atoms with E-state index in [1.54, 1.807) is 18.2 Å². The van der Waals surface area contributed by atoms with Gasteiger partial charge in [-0.3, -0.25) is 9.59 Å². The summed E-state index contributed by atoms with van der Waals surface area (Å²) < 4.78 is 31.8. The maximum Gasteiger partial charge on any atom is 0.304 e. The van der Waals surface area contributed by atoms with Crippen molar-refractivity contribution in [3.63, 3.8) is 0 Å². The Labute approximate surface area is 157 Å². The van der Waals surface area contributed by atoms with Crippen molar-refractivity contribution in [1.29, 1.82) is 0 Å². The van der Waals surface area contributed by atoms with E-state index in [1.807, 2.05) is 12.1 Å². The standard InChI is InChI=1S/C19H19NO6S/c1-26-18-8-3-2-5-14(18)9-10-17(21)15-6-4-7-16(13-15)27(24,25)20-12-11-19(22)23/h2-10,13,20H,11-12H2,1H3,(H,22,23). The van der Waals surface area contributed by atoms with Gasteiger partial charge in [-0.2, -0.15) is 0 Å². The van der Waals surface area contributed by atoms with Crippen molar-refractivity contribution in [3.8, 4) is 5.75 Å². The molecule has 2 aromatic carbocycles. The van der Waals surface area contributed by atoms with E-state index in [-0.39, 0.29) is 29.2 Å². The highest BCUT2D eigenvalue weighted by molar-refractivity contribution is 7.89. The third-order valence-corrected chi connectivity index (χ3v) is 5.07. The lowest BCUT2D eigenvalue weighted by molar-refractivity contribution is -0.136. The number of para-hydroxylation sites is 1. The number of ether oxygens (including phenoxy) is 1. The third-order valence-electron chi connectivity index (χ3n) is 3.61. The lowest BCUT2D eigenvalue weighted by Crippen LogP contribution is -2.26. The van der Waals surface area contributed by atoms with Crippen molar-refractivity contribution in [2.75, 3.05) is 13.7 Å². The Balaban J connectivity index is 2.17. The van der Waals surface area contributed by atoms with Gasteiger partial charge in [0.15, 0.2) is 5.78 Å². The maximum atomic E-state index is 12.4. The van der Waals surface area contributed by atoms with Crippen molar-refractivity contribution >= 4 is 27.9 Å². The molecule has 7 nitrogen and oxygen atoms in total. The Kier molecular flexibility index (Phi) is 6.86. The van der Waals surface area contributed by atoms with E-state index in [1.165, 1.54) is 37.5 Å². The molecule has 2 N–H and O–H groups in total. The fraction of sp³-hybridized carbons (Fsp3) is 0.158. The molecule has 0 aliphatic carbocycles. The first-order chi connectivity index (χ1) is 12.8. The molecule has 0 aliphatic heterocycles. The van der Waals surface area contributed by atoms with Crippen LogP contribution in [0, 0.1) is 0 Å². The molecule has 0 atom stereocenters. The van der Waals surface area contributed by atoms with Gasteiger partial charge in [-0.15, -0.1) is 0 Å². The monoisotopic (exact) mass is 389 g/mol. The van der Waals surface area contributed by atoms with Gasteiger partial charge in [0.05, 0.1) is 18.4 Å². The molecule has 0 unspecified atom stereocenters. The van der Waals surface area contributed by atoms with Crippen LogP contribution in [0.2, 0.25) is 0 Å². The number of carboxylic acids is 1. The Morgan fingerprint density at radius 3 is 2.59 bits per heavy atom. The summed E-state index contributed by atoms with van der Waals surface area (Å²) >= 11 is 0. The Morgan fingerprint density at radius 1 is 1.15 bits per heavy atom. The normalized spacial score (nSPS) is 11.4. The number of hydrogen-bond acceptors (Lipinski definition) is 5. The van der Waals surface area contributed by atoms with Gasteiger partial charge < -0.3 is 9.84 Å². The predicted octanol–water partition coefficient (Wildman–Crippen LogP) is 2.34. The molecule has 27 heavy (non-hydrogen) atoms. The molecule has 0 fully saturated rings. The van der Waals surface area contributed by atoms with Gasteiger partial charge in [0, 0.05) is 17.7 Å². The molecule has 0 aliphatic rings. The first kappa shape index (κ1) is 20.3. The number of hydrogen-bond donors (Lipinski definition) is 2. The molecule has 0 amide bonds. The van der Waals surface area contributed by atoms with Crippen LogP contribution in [0.15, 0.2) is 59.5 Å². The molecule has 0 radical (unpaired) electrons. The second kappa shape index (κ2) is 9.11. The maximum absolute atomic E-state index is 12.4. The number of carbonyl (C=O) groups excluding carboxylic acids is 1. The molecule has 0 saturated carbocycles.